The summed E-state index contributed by atoms with van der Waals surface area (Å²) in [5.41, 5.74) is 12.8. The Bertz CT molecular complexity index is 1360. The molecule has 2 aliphatic carbocycles. The van der Waals surface area contributed by atoms with Crippen molar-refractivity contribution in [2.45, 2.75) is 51.4 Å². The Balaban J connectivity index is 1.26. The van der Waals surface area contributed by atoms with Crippen molar-refractivity contribution < 1.29 is 4.79 Å². The Labute approximate surface area is 202 Å². The summed E-state index contributed by atoms with van der Waals surface area (Å²) in [7, 11) is 0. The fourth-order valence-electron chi connectivity index (χ4n) is 6.27. The van der Waals surface area contributed by atoms with E-state index in [-0.39, 0.29) is 16.6 Å². The van der Waals surface area contributed by atoms with Crippen LogP contribution >= 0.6 is 0 Å². The molecule has 0 N–H and O–H groups in total. The first-order chi connectivity index (χ1) is 16.3. The molecule has 1 heteroatoms. The molecule has 6 rings (SSSR count). The molecular weight excluding hydrogens is 412 g/mol. The van der Waals surface area contributed by atoms with Gasteiger partial charge >= 0.3 is 0 Å². The van der Waals surface area contributed by atoms with Gasteiger partial charge in [0.25, 0.3) is 0 Å². The van der Waals surface area contributed by atoms with E-state index in [2.05, 4.69) is 113 Å². The van der Waals surface area contributed by atoms with Crippen molar-refractivity contribution in [2.75, 3.05) is 0 Å². The van der Waals surface area contributed by atoms with E-state index in [0.717, 1.165) is 11.1 Å². The lowest BCUT2D eigenvalue weighted by Gasteiger charge is -2.21. The number of hydrogen-bond donors (Lipinski definition) is 0. The van der Waals surface area contributed by atoms with Crippen LogP contribution in [0.5, 0.6) is 0 Å². The summed E-state index contributed by atoms with van der Waals surface area (Å²) in [5.74, 6) is 0.260. The van der Waals surface area contributed by atoms with Crippen molar-refractivity contribution >= 4 is 5.78 Å². The lowest BCUT2D eigenvalue weighted by Crippen LogP contribution is -2.15. The molecule has 0 spiro atoms. The topological polar surface area (TPSA) is 17.1 Å². The van der Waals surface area contributed by atoms with Gasteiger partial charge in [0.2, 0.25) is 0 Å². The molecule has 1 nitrogen and oxygen atoms in total. The van der Waals surface area contributed by atoms with E-state index < -0.39 is 0 Å². The molecule has 168 valence electrons. The third-order valence-corrected chi connectivity index (χ3v) is 8.10. The molecule has 0 saturated heterocycles. The summed E-state index contributed by atoms with van der Waals surface area (Å²) in [4.78, 5) is 13.1. The molecule has 0 aliphatic heterocycles. The number of carbonyl (C=O) groups excluding carboxylic acids is 1. The summed E-state index contributed by atoms with van der Waals surface area (Å²) in [6.07, 6.45) is 0.935. The van der Waals surface area contributed by atoms with Gasteiger partial charge < -0.3 is 0 Å². The molecule has 34 heavy (non-hydrogen) atoms. The van der Waals surface area contributed by atoms with Crippen LogP contribution in [0.2, 0.25) is 0 Å². The maximum Gasteiger partial charge on any atom is 0.141 e. The quantitative estimate of drug-likeness (QED) is 0.317. The number of fused-ring (bicyclic) bond motifs is 6. The summed E-state index contributed by atoms with van der Waals surface area (Å²) in [6.45, 7) is 9.15. The fraction of sp³-hybridized carbons (Fsp3) is 0.242. The first-order valence-electron chi connectivity index (χ1n) is 12.2. The Kier molecular flexibility index (Phi) is 4.51. The molecule has 2 aliphatic rings. The van der Waals surface area contributed by atoms with Crippen molar-refractivity contribution in [3.63, 3.8) is 0 Å². The third-order valence-electron chi connectivity index (χ3n) is 8.10. The molecule has 0 radical (unpaired) electrons. The first kappa shape index (κ1) is 21.1. The molecule has 0 amide bonds. The first-order valence-corrected chi connectivity index (χ1v) is 12.2. The minimum atomic E-state index is 0.00293. The predicted octanol–water partition coefficient (Wildman–Crippen LogP) is 7.65. The van der Waals surface area contributed by atoms with Crippen LogP contribution in [-0.2, 0) is 28.5 Å². The average Bonchev–Trinajstić information content (AvgIpc) is 3.19. The molecule has 0 bridgehead atoms. The maximum atomic E-state index is 13.1. The van der Waals surface area contributed by atoms with E-state index in [4.69, 9.17) is 0 Å². The zero-order chi connectivity index (χ0) is 23.7. The van der Waals surface area contributed by atoms with Crippen LogP contribution in [0, 0.1) is 0 Å². The van der Waals surface area contributed by atoms with Crippen LogP contribution in [-0.4, -0.2) is 5.78 Å². The lowest BCUT2D eigenvalue weighted by atomic mass is 9.82. The van der Waals surface area contributed by atoms with Crippen LogP contribution < -0.4 is 0 Å². The van der Waals surface area contributed by atoms with Gasteiger partial charge in [-0.25, -0.2) is 0 Å². The van der Waals surface area contributed by atoms with Crippen LogP contribution in [0.4, 0.5) is 0 Å². The highest BCUT2D eigenvalue weighted by molar-refractivity contribution is 5.87. The van der Waals surface area contributed by atoms with Gasteiger partial charge in [-0.2, -0.15) is 0 Å². The molecule has 0 atom stereocenters. The SMILES string of the molecule is CC1(C)c2ccccc2-c2cc(CC(=O)Cc3ccc4c(c3)-c3ccccc3C4(C)C)ccc21. The summed E-state index contributed by atoms with van der Waals surface area (Å²) >= 11 is 0. The Morgan fingerprint density at radius 1 is 0.529 bits per heavy atom. The van der Waals surface area contributed by atoms with Gasteiger partial charge in [0, 0.05) is 23.7 Å². The van der Waals surface area contributed by atoms with E-state index in [1.54, 1.807) is 0 Å². The standard InChI is InChI=1S/C33H30O/c1-32(2)28-11-7-5-9-24(28)26-19-21(13-15-30(26)32)17-23(34)18-22-14-16-31-27(20-22)25-10-6-8-12-29(25)33(31,3)4/h5-16,19-20H,17-18H2,1-4H3. The molecule has 0 unspecified atom stereocenters. The van der Waals surface area contributed by atoms with Gasteiger partial charge in [-0.15, -0.1) is 0 Å². The largest absolute Gasteiger partial charge is 0.299 e. The predicted molar refractivity (Wildman–Crippen MR) is 140 cm³/mol. The van der Waals surface area contributed by atoms with Crippen LogP contribution in [0.1, 0.15) is 61.1 Å². The second-order valence-corrected chi connectivity index (χ2v) is 11.0. The van der Waals surface area contributed by atoms with Crippen molar-refractivity contribution in [3.05, 3.63) is 118 Å². The highest BCUT2D eigenvalue weighted by Crippen LogP contribution is 2.49. The minimum absolute atomic E-state index is 0.00293. The van der Waals surface area contributed by atoms with E-state index in [1.807, 2.05) is 0 Å². The Morgan fingerprint density at radius 2 is 0.912 bits per heavy atom. The highest BCUT2D eigenvalue weighted by atomic mass is 16.1. The second-order valence-electron chi connectivity index (χ2n) is 11.0. The molecule has 0 aromatic heterocycles. The number of benzene rings is 4. The van der Waals surface area contributed by atoms with Gasteiger partial charge in [-0.3, -0.25) is 4.79 Å². The monoisotopic (exact) mass is 442 g/mol. The van der Waals surface area contributed by atoms with E-state index >= 15 is 0 Å². The molecule has 0 heterocycles. The van der Waals surface area contributed by atoms with Crippen LogP contribution in [0.3, 0.4) is 0 Å². The highest BCUT2D eigenvalue weighted by Gasteiger charge is 2.36. The van der Waals surface area contributed by atoms with Crippen LogP contribution in [0.15, 0.2) is 84.9 Å². The Morgan fingerprint density at radius 3 is 1.35 bits per heavy atom. The maximum absolute atomic E-state index is 13.1. The zero-order valence-corrected chi connectivity index (χ0v) is 20.4. The van der Waals surface area contributed by atoms with Gasteiger partial charge in [0.05, 0.1) is 0 Å². The summed E-state index contributed by atoms with van der Waals surface area (Å²) < 4.78 is 0. The Hall–Kier alpha value is -3.45. The lowest BCUT2D eigenvalue weighted by molar-refractivity contribution is -0.117. The van der Waals surface area contributed by atoms with E-state index in [0.29, 0.717) is 12.8 Å². The normalized spacial score (nSPS) is 15.9. The van der Waals surface area contributed by atoms with Crippen molar-refractivity contribution in [1.29, 1.82) is 0 Å². The summed E-state index contributed by atoms with van der Waals surface area (Å²) in [6, 6.07) is 30.5. The van der Waals surface area contributed by atoms with Crippen molar-refractivity contribution in [3.8, 4) is 22.3 Å². The van der Waals surface area contributed by atoms with Crippen LogP contribution in [0.25, 0.3) is 22.3 Å². The van der Waals surface area contributed by atoms with E-state index in [9.17, 15) is 4.79 Å². The van der Waals surface area contributed by atoms with Gasteiger partial charge in [0.1, 0.15) is 5.78 Å². The van der Waals surface area contributed by atoms with E-state index in [1.165, 1.54) is 44.5 Å². The minimum Gasteiger partial charge on any atom is -0.299 e. The van der Waals surface area contributed by atoms with Crippen molar-refractivity contribution in [2.24, 2.45) is 0 Å². The molecule has 0 saturated carbocycles. The molecule has 4 aromatic rings. The van der Waals surface area contributed by atoms with Crippen molar-refractivity contribution in [1.82, 2.24) is 0 Å². The molecular formula is C33H30O. The smallest absolute Gasteiger partial charge is 0.141 e. The second kappa shape index (κ2) is 7.27. The van der Waals surface area contributed by atoms with Gasteiger partial charge in [0.15, 0.2) is 0 Å². The van der Waals surface area contributed by atoms with Gasteiger partial charge in [-0.05, 0) is 55.6 Å². The number of Topliss-reactive ketones (excluding diaryl/α,β-unsaturated/α-hetero) is 1. The fourth-order valence-corrected chi connectivity index (χ4v) is 6.27. The zero-order valence-electron chi connectivity index (χ0n) is 20.4. The molecule has 4 aromatic carbocycles. The number of hydrogen-bond acceptors (Lipinski definition) is 1. The average molecular weight is 443 g/mol. The number of rotatable bonds is 4. The number of ketones is 1. The number of carbonyl (C=O) groups is 1. The molecule has 0 fully saturated rings. The summed E-state index contributed by atoms with van der Waals surface area (Å²) in [5, 5.41) is 0. The van der Waals surface area contributed by atoms with Gasteiger partial charge in [-0.1, -0.05) is 113 Å². The third kappa shape index (κ3) is 3.03.